The molecule has 0 bridgehead atoms. The lowest BCUT2D eigenvalue weighted by molar-refractivity contribution is 0.671. The number of aromatic nitrogens is 3. The Hall–Kier alpha value is -1.62. The second kappa shape index (κ2) is 3.26. The summed E-state index contributed by atoms with van der Waals surface area (Å²) in [7, 11) is 1.74. The van der Waals surface area contributed by atoms with Crippen molar-refractivity contribution in [2.24, 2.45) is 12.8 Å². The van der Waals surface area contributed by atoms with Crippen molar-refractivity contribution in [1.82, 2.24) is 14.1 Å². The summed E-state index contributed by atoms with van der Waals surface area (Å²) in [6.45, 7) is 0.947. The van der Waals surface area contributed by atoms with Gasteiger partial charge in [0.1, 0.15) is 0 Å². The Bertz CT molecular complexity index is 511. The van der Waals surface area contributed by atoms with Gasteiger partial charge in [-0.2, -0.15) is 0 Å². The predicted molar refractivity (Wildman–Crippen MR) is 54.0 cm³/mol. The fourth-order valence-corrected chi connectivity index (χ4v) is 1.56. The molecular formula is C9H12N4O. The topological polar surface area (TPSA) is 65.8 Å². The maximum Gasteiger partial charge on any atom is 0.330 e. The summed E-state index contributed by atoms with van der Waals surface area (Å²) in [5.74, 6) is 0. The number of nitrogens with zero attached hydrogens (tertiary/aromatic N) is 3. The Balaban J connectivity index is 2.81. The molecule has 2 N–H and O–H groups in total. The lowest BCUT2D eigenvalue weighted by atomic mass is 10.4. The Morgan fingerprint density at radius 2 is 2.36 bits per heavy atom. The van der Waals surface area contributed by atoms with Crippen LogP contribution < -0.4 is 11.4 Å². The molecule has 0 saturated carbocycles. The van der Waals surface area contributed by atoms with Gasteiger partial charge in [0, 0.05) is 26.3 Å². The first-order chi connectivity index (χ1) is 6.75. The van der Waals surface area contributed by atoms with Gasteiger partial charge < -0.3 is 5.73 Å². The minimum atomic E-state index is -0.0656. The van der Waals surface area contributed by atoms with Crippen molar-refractivity contribution in [2.75, 3.05) is 6.54 Å². The summed E-state index contributed by atoms with van der Waals surface area (Å²) in [5, 5.41) is 0. The van der Waals surface area contributed by atoms with E-state index in [1.807, 2.05) is 12.1 Å². The largest absolute Gasteiger partial charge is 0.330 e. The van der Waals surface area contributed by atoms with E-state index < -0.39 is 0 Å². The molecule has 0 spiro atoms. The molecule has 2 aromatic heterocycles. The van der Waals surface area contributed by atoms with Crippen LogP contribution in [0.3, 0.4) is 0 Å². The number of fused-ring (bicyclic) bond motifs is 1. The van der Waals surface area contributed by atoms with Gasteiger partial charge in [-0.1, -0.05) is 0 Å². The van der Waals surface area contributed by atoms with Crippen molar-refractivity contribution in [3.05, 3.63) is 28.8 Å². The molecule has 5 nitrogen and oxygen atoms in total. The molecule has 14 heavy (non-hydrogen) atoms. The maximum atomic E-state index is 11.7. The summed E-state index contributed by atoms with van der Waals surface area (Å²) >= 11 is 0. The van der Waals surface area contributed by atoms with E-state index in [2.05, 4.69) is 4.98 Å². The number of imidazole rings is 1. The van der Waals surface area contributed by atoms with Gasteiger partial charge in [-0.3, -0.25) is 9.13 Å². The molecule has 0 aliphatic heterocycles. The Kier molecular flexibility index (Phi) is 2.09. The van der Waals surface area contributed by atoms with Crippen molar-refractivity contribution in [1.29, 1.82) is 0 Å². The summed E-state index contributed by atoms with van der Waals surface area (Å²) in [6, 6.07) is 3.69. The van der Waals surface area contributed by atoms with Crippen molar-refractivity contribution in [3.8, 4) is 0 Å². The second-order valence-corrected chi connectivity index (χ2v) is 3.13. The van der Waals surface area contributed by atoms with Gasteiger partial charge in [-0.05, 0) is 12.1 Å². The Morgan fingerprint density at radius 1 is 1.57 bits per heavy atom. The zero-order valence-corrected chi connectivity index (χ0v) is 7.97. The molecule has 0 amide bonds. The lowest BCUT2D eigenvalue weighted by Crippen LogP contribution is -2.25. The monoisotopic (exact) mass is 192 g/mol. The Labute approximate surface area is 80.8 Å². The van der Waals surface area contributed by atoms with Gasteiger partial charge in [-0.15, -0.1) is 0 Å². The number of rotatable bonds is 2. The summed E-state index contributed by atoms with van der Waals surface area (Å²) in [6.07, 6.45) is 1.68. The number of nitrogens with two attached hydrogens (primary N) is 1. The van der Waals surface area contributed by atoms with Crippen LogP contribution in [0.25, 0.3) is 11.2 Å². The summed E-state index contributed by atoms with van der Waals surface area (Å²) in [5.41, 5.74) is 6.91. The van der Waals surface area contributed by atoms with Crippen LogP contribution in [0.4, 0.5) is 0 Å². The van der Waals surface area contributed by atoms with Gasteiger partial charge in [0.2, 0.25) is 0 Å². The van der Waals surface area contributed by atoms with Crippen molar-refractivity contribution >= 4 is 11.2 Å². The van der Waals surface area contributed by atoms with E-state index in [1.165, 1.54) is 0 Å². The number of pyridine rings is 1. The normalized spacial score (nSPS) is 11.0. The van der Waals surface area contributed by atoms with Crippen LogP contribution in [-0.4, -0.2) is 20.7 Å². The smallest absolute Gasteiger partial charge is 0.329 e. The molecular weight excluding hydrogens is 180 g/mol. The van der Waals surface area contributed by atoms with E-state index in [0.717, 1.165) is 5.52 Å². The van der Waals surface area contributed by atoms with Gasteiger partial charge in [0.15, 0.2) is 5.65 Å². The molecule has 0 aliphatic rings. The summed E-state index contributed by atoms with van der Waals surface area (Å²) in [4.78, 5) is 15.9. The third-order valence-electron chi connectivity index (χ3n) is 2.25. The molecule has 0 fully saturated rings. The molecule has 0 aromatic carbocycles. The van der Waals surface area contributed by atoms with Crippen LogP contribution in [0.1, 0.15) is 0 Å². The standard InChI is InChI=1S/C9H12N4O/c1-12-7-3-2-5-11-8(7)13(6-4-10)9(12)14/h2-3,5H,4,6,10H2,1H3. The van der Waals surface area contributed by atoms with Crippen LogP contribution in [-0.2, 0) is 13.6 Å². The highest BCUT2D eigenvalue weighted by Crippen LogP contribution is 2.07. The minimum absolute atomic E-state index is 0.0656. The molecule has 74 valence electrons. The maximum absolute atomic E-state index is 11.7. The number of hydrogen-bond acceptors (Lipinski definition) is 3. The quantitative estimate of drug-likeness (QED) is 0.710. The summed E-state index contributed by atoms with van der Waals surface area (Å²) < 4.78 is 3.17. The van der Waals surface area contributed by atoms with Gasteiger partial charge in [-0.25, -0.2) is 9.78 Å². The first-order valence-electron chi connectivity index (χ1n) is 4.46. The van der Waals surface area contributed by atoms with E-state index in [-0.39, 0.29) is 5.69 Å². The van der Waals surface area contributed by atoms with E-state index in [0.29, 0.717) is 18.7 Å². The minimum Gasteiger partial charge on any atom is -0.329 e. The fraction of sp³-hybridized carbons (Fsp3) is 0.333. The molecule has 0 atom stereocenters. The molecule has 0 aliphatic carbocycles. The highest BCUT2D eigenvalue weighted by Gasteiger charge is 2.09. The Morgan fingerprint density at radius 3 is 3.07 bits per heavy atom. The molecule has 0 unspecified atom stereocenters. The van der Waals surface area contributed by atoms with Crippen molar-refractivity contribution < 1.29 is 0 Å². The molecule has 5 heteroatoms. The zero-order chi connectivity index (χ0) is 10.1. The lowest BCUT2D eigenvalue weighted by Gasteiger charge is -1.97. The number of aryl methyl sites for hydroxylation is 1. The highest BCUT2D eigenvalue weighted by atomic mass is 16.1. The first kappa shape index (κ1) is 8.96. The van der Waals surface area contributed by atoms with Crippen LogP contribution in [0.15, 0.2) is 23.1 Å². The molecule has 0 saturated heterocycles. The third kappa shape index (κ3) is 1.13. The first-order valence-corrected chi connectivity index (χ1v) is 4.46. The third-order valence-corrected chi connectivity index (χ3v) is 2.25. The highest BCUT2D eigenvalue weighted by molar-refractivity contribution is 5.71. The molecule has 0 radical (unpaired) electrons. The van der Waals surface area contributed by atoms with Crippen LogP contribution >= 0.6 is 0 Å². The molecule has 2 rings (SSSR count). The SMILES string of the molecule is Cn1c(=O)n(CCN)c2ncccc21. The van der Waals surface area contributed by atoms with Crippen LogP contribution in [0.5, 0.6) is 0 Å². The van der Waals surface area contributed by atoms with Crippen LogP contribution in [0, 0.1) is 0 Å². The fourth-order valence-electron chi connectivity index (χ4n) is 1.56. The number of hydrogen-bond donors (Lipinski definition) is 1. The predicted octanol–water partition coefficient (Wildman–Crippen LogP) is -0.306. The molecule has 2 heterocycles. The average Bonchev–Trinajstić information content (AvgIpc) is 2.45. The van der Waals surface area contributed by atoms with Crippen molar-refractivity contribution in [3.63, 3.8) is 0 Å². The zero-order valence-electron chi connectivity index (χ0n) is 7.97. The van der Waals surface area contributed by atoms with E-state index in [4.69, 9.17) is 5.73 Å². The van der Waals surface area contributed by atoms with Gasteiger partial charge in [0.25, 0.3) is 0 Å². The van der Waals surface area contributed by atoms with E-state index >= 15 is 0 Å². The van der Waals surface area contributed by atoms with Gasteiger partial charge in [0.05, 0.1) is 5.52 Å². The average molecular weight is 192 g/mol. The van der Waals surface area contributed by atoms with E-state index in [1.54, 1.807) is 22.4 Å². The molecule has 2 aromatic rings. The van der Waals surface area contributed by atoms with Crippen LogP contribution in [0.2, 0.25) is 0 Å². The second-order valence-electron chi connectivity index (χ2n) is 3.13. The van der Waals surface area contributed by atoms with Gasteiger partial charge >= 0.3 is 5.69 Å². The van der Waals surface area contributed by atoms with Crippen molar-refractivity contribution in [2.45, 2.75) is 6.54 Å². The van der Waals surface area contributed by atoms with E-state index in [9.17, 15) is 4.79 Å².